The molecule has 0 aliphatic rings. The first-order valence-electron chi connectivity index (χ1n) is 4.93. The fourth-order valence-electron chi connectivity index (χ4n) is 1.44. The maximum atomic E-state index is 4.96. The summed E-state index contributed by atoms with van der Waals surface area (Å²) in [5.74, 6) is 0. The predicted molar refractivity (Wildman–Crippen MR) is 59.1 cm³/mol. The van der Waals surface area contributed by atoms with Crippen LogP contribution in [0.5, 0.6) is 0 Å². The Hall–Kier alpha value is -0.860. The fourth-order valence-corrected chi connectivity index (χ4v) is 1.44. The second kappa shape index (κ2) is 4.58. The molecular weight excluding hydrogens is 174 g/mol. The van der Waals surface area contributed by atoms with Crippen molar-refractivity contribution < 1.29 is 4.84 Å². The molecule has 1 rings (SSSR count). The third-order valence-corrected chi connectivity index (χ3v) is 2.89. The van der Waals surface area contributed by atoms with Crippen molar-refractivity contribution in [3.8, 4) is 0 Å². The maximum absolute atomic E-state index is 4.96. The van der Waals surface area contributed by atoms with E-state index in [1.54, 1.807) is 7.11 Å². The van der Waals surface area contributed by atoms with Crippen LogP contribution in [-0.4, -0.2) is 13.2 Å². The number of nitrogens with one attached hydrogen (secondary N) is 1. The lowest BCUT2D eigenvalue weighted by Gasteiger charge is -2.32. The molecular formula is C12H19NO. The highest BCUT2D eigenvalue weighted by Gasteiger charge is 2.27. The number of hydrogen-bond acceptors (Lipinski definition) is 2. The first kappa shape index (κ1) is 11.2. The van der Waals surface area contributed by atoms with E-state index in [4.69, 9.17) is 4.84 Å². The smallest absolute Gasteiger partial charge is 0.0572 e. The highest BCUT2D eigenvalue weighted by atomic mass is 16.6. The van der Waals surface area contributed by atoms with E-state index < -0.39 is 0 Å². The van der Waals surface area contributed by atoms with Crippen LogP contribution in [0.4, 0.5) is 0 Å². The van der Waals surface area contributed by atoms with Gasteiger partial charge in [0.05, 0.1) is 7.11 Å². The van der Waals surface area contributed by atoms with Crippen LogP contribution < -0.4 is 5.48 Å². The van der Waals surface area contributed by atoms with Crippen molar-refractivity contribution in [1.29, 1.82) is 0 Å². The van der Waals surface area contributed by atoms with Gasteiger partial charge in [-0.3, -0.25) is 0 Å². The lowest BCUT2D eigenvalue weighted by Crippen LogP contribution is -2.42. The topological polar surface area (TPSA) is 21.3 Å². The molecule has 0 saturated carbocycles. The van der Waals surface area contributed by atoms with E-state index in [1.807, 2.05) is 6.07 Å². The van der Waals surface area contributed by atoms with Crippen molar-refractivity contribution in [2.75, 3.05) is 7.11 Å². The lowest BCUT2D eigenvalue weighted by atomic mass is 9.79. The van der Waals surface area contributed by atoms with Crippen LogP contribution in [0.3, 0.4) is 0 Å². The molecule has 0 spiro atoms. The molecule has 0 fully saturated rings. The van der Waals surface area contributed by atoms with E-state index in [1.165, 1.54) is 5.56 Å². The molecule has 0 aliphatic heterocycles. The summed E-state index contributed by atoms with van der Waals surface area (Å²) < 4.78 is 0. The van der Waals surface area contributed by atoms with Crippen LogP contribution >= 0.6 is 0 Å². The van der Waals surface area contributed by atoms with Gasteiger partial charge in [0.1, 0.15) is 0 Å². The van der Waals surface area contributed by atoms with E-state index in [0.717, 1.165) is 0 Å². The normalized spacial score (nSPS) is 14.0. The van der Waals surface area contributed by atoms with Crippen molar-refractivity contribution in [2.45, 2.75) is 32.2 Å². The standard InChI is InChI=1S/C12H19NO/c1-10(13-14-4)12(2,3)11-8-6-5-7-9-11/h5-10,13H,1-4H3/t10-/m0/s1. The zero-order valence-corrected chi connectivity index (χ0v) is 9.37. The minimum absolute atomic E-state index is 0.0667. The Morgan fingerprint density at radius 1 is 1.21 bits per heavy atom. The van der Waals surface area contributed by atoms with Gasteiger partial charge < -0.3 is 4.84 Å². The summed E-state index contributed by atoms with van der Waals surface area (Å²) in [5, 5.41) is 0. The Balaban J connectivity index is 2.84. The van der Waals surface area contributed by atoms with Gasteiger partial charge in [-0.2, -0.15) is 5.48 Å². The summed E-state index contributed by atoms with van der Waals surface area (Å²) in [6.45, 7) is 6.54. The Bertz CT molecular complexity index is 269. The van der Waals surface area contributed by atoms with Gasteiger partial charge in [0, 0.05) is 11.5 Å². The molecule has 14 heavy (non-hydrogen) atoms. The van der Waals surface area contributed by atoms with Crippen LogP contribution in [-0.2, 0) is 10.3 Å². The molecule has 0 aliphatic carbocycles. The molecule has 1 N–H and O–H groups in total. The Morgan fingerprint density at radius 2 is 1.79 bits per heavy atom. The summed E-state index contributed by atoms with van der Waals surface area (Å²) in [7, 11) is 1.65. The van der Waals surface area contributed by atoms with E-state index in [2.05, 4.69) is 50.5 Å². The molecule has 0 saturated heterocycles. The molecule has 0 bridgehead atoms. The molecule has 0 heterocycles. The van der Waals surface area contributed by atoms with Gasteiger partial charge in [0.2, 0.25) is 0 Å². The van der Waals surface area contributed by atoms with E-state index in [9.17, 15) is 0 Å². The minimum atomic E-state index is 0.0667. The lowest BCUT2D eigenvalue weighted by molar-refractivity contribution is 0.0447. The first-order chi connectivity index (χ1) is 6.59. The van der Waals surface area contributed by atoms with Gasteiger partial charge in [-0.15, -0.1) is 0 Å². The molecule has 1 atom stereocenters. The molecule has 0 amide bonds. The predicted octanol–water partition coefficient (Wildman–Crippen LogP) is 2.50. The zero-order valence-electron chi connectivity index (χ0n) is 9.37. The summed E-state index contributed by atoms with van der Waals surface area (Å²) in [4.78, 5) is 4.96. The fraction of sp³-hybridized carbons (Fsp3) is 0.500. The van der Waals surface area contributed by atoms with Crippen LogP contribution in [0.15, 0.2) is 30.3 Å². The third-order valence-electron chi connectivity index (χ3n) is 2.89. The third kappa shape index (κ3) is 2.34. The van der Waals surface area contributed by atoms with Crippen molar-refractivity contribution >= 4 is 0 Å². The summed E-state index contributed by atoms with van der Waals surface area (Å²) in [6, 6.07) is 10.7. The minimum Gasteiger partial charge on any atom is -0.305 e. The number of hydrogen-bond donors (Lipinski definition) is 1. The zero-order chi connectivity index (χ0) is 10.6. The molecule has 2 nitrogen and oxygen atoms in total. The van der Waals surface area contributed by atoms with Gasteiger partial charge in [-0.1, -0.05) is 44.2 Å². The van der Waals surface area contributed by atoms with E-state index in [-0.39, 0.29) is 11.5 Å². The van der Waals surface area contributed by atoms with E-state index >= 15 is 0 Å². The molecule has 1 aromatic carbocycles. The van der Waals surface area contributed by atoms with Crippen molar-refractivity contribution in [3.63, 3.8) is 0 Å². The second-order valence-corrected chi connectivity index (χ2v) is 4.13. The monoisotopic (exact) mass is 193 g/mol. The molecule has 2 heteroatoms. The summed E-state index contributed by atoms with van der Waals surface area (Å²) >= 11 is 0. The van der Waals surface area contributed by atoms with E-state index in [0.29, 0.717) is 0 Å². The highest BCUT2D eigenvalue weighted by molar-refractivity contribution is 5.25. The molecule has 78 valence electrons. The van der Waals surface area contributed by atoms with Crippen LogP contribution in [0.25, 0.3) is 0 Å². The molecule has 0 radical (unpaired) electrons. The first-order valence-corrected chi connectivity index (χ1v) is 4.93. The average molecular weight is 193 g/mol. The Labute approximate surface area is 86.2 Å². The number of hydroxylamine groups is 1. The van der Waals surface area contributed by atoms with Gasteiger partial charge in [-0.05, 0) is 12.5 Å². The SMILES string of the molecule is CON[C@@H](C)C(C)(C)c1ccccc1. The molecule has 0 aromatic heterocycles. The van der Waals surface area contributed by atoms with Crippen LogP contribution in [0.2, 0.25) is 0 Å². The van der Waals surface area contributed by atoms with Crippen molar-refractivity contribution in [2.24, 2.45) is 0 Å². The number of benzene rings is 1. The second-order valence-electron chi connectivity index (χ2n) is 4.13. The van der Waals surface area contributed by atoms with Crippen LogP contribution in [0, 0.1) is 0 Å². The molecule has 1 aromatic rings. The van der Waals surface area contributed by atoms with Gasteiger partial charge >= 0.3 is 0 Å². The summed E-state index contributed by atoms with van der Waals surface area (Å²) in [6.07, 6.45) is 0. The molecule has 0 unspecified atom stereocenters. The van der Waals surface area contributed by atoms with Crippen molar-refractivity contribution in [3.05, 3.63) is 35.9 Å². The Morgan fingerprint density at radius 3 is 2.29 bits per heavy atom. The van der Waals surface area contributed by atoms with Gasteiger partial charge in [-0.25, -0.2) is 0 Å². The number of rotatable bonds is 4. The summed E-state index contributed by atoms with van der Waals surface area (Å²) in [5.41, 5.74) is 4.37. The van der Waals surface area contributed by atoms with Crippen molar-refractivity contribution in [1.82, 2.24) is 5.48 Å². The highest BCUT2D eigenvalue weighted by Crippen LogP contribution is 2.26. The maximum Gasteiger partial charge on any atom is 0.0572 e. The quantitative estimate of drug-likeness (QED) is 0.742. The largest absolute Gasteiger partial charge is 0.305 e. The van der Waals surface area contributed by atoms with Gasteiger partial charge in [0.15, 0.2) is 0 Å². The van der Waals surface area contributed by atoms with Crippen LogP contribution in [0.1, 0.15) is 26.3 Å². The Kier molecular flexibility index (Phi) is 3.67. The van der Waals surface area contributed by atoms with Gasteiger partial charge in [0.25, 0.3) is 0 Å². The average Bonchev–Trinajstić information content (AvgIpc) is 2.19.